The molecule has 0 radical (unpaired) electrons. The van der Waals surface area contributed by atoms with Gasteiger partial charge in [-0.1, -0.05) is 88.4 Å². The third-order valence-corrected chi connectivity index (χ3v) is 2.22. The van der Waals surface area contributed by atoms with E-state index in [0.29, 0.717) is 13.2 Å². The maximum absolute atomic E-state index is 5.61. The third-order valence-electron chi connectivity index (χ3n) is 2.22. The van der Waals surface area contributed by atoms with E-state index in [1.807, 2.05) is 64.1 Å². The molecule has 0 N–H and O–H groups in total. The number of benzene rings is 2. The second kappa shape index (κ2) is 12.8. The van der Waals surface area contributed by atoms with E-state index in [0.717, 1.165) is 0 Å². The summed E-state index contributed by atoms with van der Waals surface area (Å²) in [7, 11) is 0. The minimum atomic E-state index is 0.676. The summed E-state index contributed by atoms with van der Waals surface area (Å²) in [6.07, 6.45) is 0. The number of rotatable bonds is 4. The maximum Gasteiger partial charge on any atom is 0.0721 e. The number of hydrogen-bond acceptors (Lipinski definition) is 1. The molecule has 0 bridgehead atoms. The molecule has 0 unspecified atom stereocenters. The van der Waals surface area contributed by atoms with E-state index in [2.05, 4.69) is 24.3 Å². The zero-order chi connectivity index (χ0) is 14.3. The van der Waals surface area contributed by atoms with Crippen molar-refractivity contribution in [2.24, 2.45) is 0 Å². The molecule has 0 saturated heterocycles. The van der Waals surface area contributed by atoms with Crippen LogP contribution in [0.1, 0.15) is 38.8 Å². The number of hydrogen-bond donors (Lipinski definition) is 0. The van der Waals surface area contributed by atoms with Crippen LogP contribution < -0.4 is 0 Å². The van der Waals surface area contributed by atoms with Crippen molar-refractivity contribution in [2.45, 2.75) is 40.9 Å². The van der Waals surface area contributed by atoms with Crippen LogP contribution in [0.25, 0.3) is 0 Å². The predicted molar refractivity (Wildman–Crippen MR) is 84.1 cm³/mol. The van der Waals surface area contributed by atoms with Crippen LogP contribution in [-0.4, -0.2) is 0 Å². The Labute approximate surface area is 118 Å². The van der Waals surface area contributed by atoms with Gasteiger partial charge in [0.25, 0.3) is 0 Å². The van der Waals surface area contributed by atoms with Crippen LogP contribution in [0.2, 0.25) is 0 Å². The van der Waals surface area contributed by atoms with Crippen molar-refractivity contribution >= 4 is 0 Å². The molecule has 0 spiro atoms. The fourth-order valence-corrected chi connectivity index (χ4v) is 1.44. The van der Waals surface area contributed by atoms with Crippen LogP contribution in [0, 0.1) is 0 Å². The zero-order valence-corrected chi connectivity index (χ0v) is 12.6. The molecule has 2 aromatic rings. The summed E-state index contributed by atoms with van der Waals surface area (Å²) < 4.78 is 5.61. The molecule has 19 heavy (non-hydrogen) atoms. The highest BCUT2D eigenvalue weighted by Gasteiger charge is 1.93. The van der Waals surface area contributed by atoms with Gasteiger partial charge in [0.15, 0.2) is 0 Å². The lowest BCUT2D eigenvalue weighted by Crippen LogP contribution is -1.93. The van der Waals surface area contributed by atoms with Gasteiger partial charge in [0.05, 0.1) is 13.2 Å². The van der Waals surface area contributed by atoms with Crippen LogP contribution in [0.15, 0.2) is 60.7 Å². The molecule has 0 atom stereocenters. The summed E-state index contributed by atoms with van der Waals surface area (Å²) in [4.78, 5) is 0. The molecular weight excluding hydrogens is 232 g/mol. The molecule has 1 nitrogen and oxygen atoms in total. The lowest BCUT2D eigenvalue weighted by molar-refractivity contribution is 0.107. The lowest BCUT2D eigenvalue weighted by Gasteiger charge is -2.03. The third kappa shape index (κ3) is 8.17. The van der Waals surface area contributed by atoms with Crippen molar-refractivity contribution in [2.75, 3.05) is 0 Å². The first-order valence-electron chi connectivity index (χ1n) is 7.11. The standard InChI is InChI=1S/C14H14O.2C2H6/c1-3-7-13(8-4-1)11-15-12-14-9-5-2-6-10-14;2*1-2/h1-10H,11-12H2;2*1-2H3. The van der Waals surface area contributed by atoms with Gasteiger partial charge in [-0.15, -0.1) is 0 Å². The summed E-state index contributed by atoms with van der Waals surface area (Å²) in [5, 5.41) is 0. The largest absolute Gasteiger partial charge is 0.372 e. The van der Waals surface area contributed by atoms with E-state index in [1.165, 1.54) is 11.1 Å². The second-order valence-corrected chi connectivity index (χ2v) is 3.46. The molecular formula is C18H26O. The topological polar surface area (TPSA) is 9.23 Å². The first-order valence-corrected chi connectivity index (χ1v) is 7.11. The molecule has 0 aliphatic heterocycles. The highest BCUT2D eigenvalue weighted by atomic mass is 16.5. The van der Waals surface area contributed by atoms with Gasteiger partial charge in [0.1, 0.15) is 0 Å². The summed E-state index contributed by atoms with van der Waals surface area (Å²) in [6.45, 7) is 9.35. The molecule has 0 aliphatic carbocycles. The van der Waals surface area contributed by atoms with E-state index in [1.54, 1.807) is 0 Å². The molecule has 0 heterocycles. The number of ether oxygens (including phenoxy) is 1. The Balaban J connectivity index is 0.000000741. The van der Waals surface area contributed by atoms with Crippen molar-refractivity contribution in [3.63, 3.8) is 0 Å². The highest BCUT2D eigenvalue weighted by molar-refractivity contribution is 5.15. The van der Waals surface area contributed by atoms with Gasteiger partial charge in [-0.3, -0.25) is 0 Å². The van der Waals surface area contributed by atoms with Gasteiger partial charge in [-0.25, -0.2) is 0 Å². The maximum atomic E-state index is 5.61. The average Bonchev–Trinajstić information content (AvgIpc) is 2.53. The summed E-state index contributed by atoms with van der Waals surface area (Å²) in [5.41, 5.74) is 2.43. The summed E-state index contributed by atoms with van der Waals surface area (Å²) in [6, 6.07) is 20.4. The minimum absolute atomic E-state index is 0.676. The van der Waals surface area contributed by atoms with Crippen LogP contribution >= 0.6 is 0 Å². The fourth-order valence-electron chi connectivity index (χ4n) is 1.44. The van der Waals surface area contributed by atoms with Gasteiger partial charge in [0.2, 0.25) is 0 Å². The van der Waals surface area contributed by atoms with Crippen molar-refractivity contribution in [3.05, 3.63) is 71.8 Å². The van der Waals surface area contributed by atoms with Crippen LogP contribution in [0.4, 0.5) is 0 Å². The molecule has 0 fully saturated rings. The first kappa shape index (κ1) is 17.4. The normalized spacial score (nSPS) is 8.63. The first-order chi connectivity index (χ1) is 9.45. The van der Waals surface area contributed by atoms with Crippen molar-refractivity contribution in [1.29, 1.82) is 0 Å². The molecule has 0 saturated carbocycles. The van der Waals surface area contributed by atoms with Gasteiger partial charge in [0, 0.05) is 0 Å². The molecule has 0 aromatic heterocycles. The fraction of sp³-hybridized carbons (Fsp3) is 0.333. The smallest absolute Gasteiger partial charge is 0.0721 e. The van der Waals surface area contributed by atoms with Crippen LogP contribution in [0.3, 0.4) is 0 Å². The van der Waals surface area contributed by atoms with Gasteiger partial charge >= 0.3 is 0 Å². The van der Waals surface area contributed by atoms with Crippen molar-refractivity contribution < 1.29 is 4.74 Å². The molecule has 2 aromatic carbocycles. The van der Waals surface area contributed by atoms with Gasteiger partial charge in [-0.05, 0) is 11.1 Å². The minimum Gasteiger partial charge on any atom is -0.372 e. The molecule has 1 heteroatoms. The van der Waals surface area contributed by atoms with Gasteiger partial charge < -0.3 is 4.74 Å². The molecule has 104 valence electrons. The van der Waals surface area contributed by atoms with E-state index in [-0.39, 0.29) is 0 Å². The van der Waals surface area contributed by atoms with E-state index in [4.69, 9.17) is 4.74 Å². The Bertz CT molecular complexity index is 341. The Morgan fingerprint density at radius 3 is 1.21 bits per heavy atom. The monoisotopic (exact) mass is 258 g/mol. The molecule has 2 rings (SSSR count). The van der Waals surface area contributed by atoms with Crippen molar-refractivity contribution in [3.8, 4) is 0 Å². The second-order valence-electron chi connectivity index (χ2n) is 3.46. The average molecular weight is 258 g/mol. The highest BCUT2D eigenvalue weighted by Crippen LogP contribution is 2.05. The lowest BCUT2D eigenvalue weighted by atomic mass is 10.2. The SMILES string of the molecule is CC.CC.c1ccc(COCc2ccccc2)cc1. The van der Waals surface area contributed by atoms with E-state index >= 15 is 0 Å². The quantitative estimate of drug-likeness (QED) is 0.708. The summed E-state index contributed by atoms with van der Waals surface area (Å²) >= 11 is 0. The zero-order valence-electron chi connectivity index (χ0n) is 12.6. The molecule has 0 aliphatic rings. The van der Waals surface area contributed by atoms with Crippen LogP contribution in [-0.2, 0) is 18.0 Å². The Morgan fingerprint density at radius 1 is 0.579 bits per heavy atom. The van der Waals surface area contributed by atoms with Crippen molar-refractivity contribution in [1.82, 2.24) is 0 Å². The Kier molecular flexibility index (Phi) is 11.8. The summed E-state index contributed by atoms with van der Waals surface area (Å²) in [5.74, 6) is 0. The van der Waals surface area contributed by atoms with Gasteiger partial charge in [-0.2, -0.15) is 0 Å². The molecule has 0 amide bonds. The predicted octanol–water partition coefficient (Wildman–Crippen LogP) is 5.46. The van der Waals surface area contributed by atoms with E-state index < -0.39 is 0 Å². The van der Waals surface area contributed by atoms with Crippen LogP contribution in [0.5, 0.6) is 0 Å². The van der Waals surface area contributed by atoms with E-state index in [9.17, 15) is 0 Å². The Hall–Kier alpha value is -1.60. The Morgan fingerprint density at radius 2 is 0.895 bits per heavy atom.